The van der Waals surface area contributed by atoms with Crippen LogP contribution in [0.5, 0.6) is 5.75 Å². The van der Waals surface area contributed by atoms with Crippen LogP contribution in [-0.4, -0.2) is 32.5 Å². The molecule has 2 rings (SSSR count). The second kappa shape index (κ2) is 5.90. The van der Waals surface area contributed by atoms with Crippen molar-refractivity contribution >= 4 is 5.78 Å². The van der Waals surface area contributed by atoms with Gasteiger partial charge in [-0.15, -0.1) is 0 Å². The van der Waals surface area contributed by atoms with E-state index in [4.69, 9.17) is 4.74 Å². The summed E-state index contributed by atoms with van der Waals surface area (Å²) in [6.45, 7) is 7.21. The topological polar surface area (TPSA) is 61.9 Å². The summed E-state index contributed by atoms with van der Waals surface area (Å²) in [5.41, 5.74) is 1.97. The lowest BCUT2D eigenvalue weighted by atomic mass is 10.1. The summed E-state index contributed by atoms with van der Waals surface area (Å²) >= 11 is 0. The normalized spacial score (nSPS) is 10.8. The lowest BCUT2D eigenvalue weighted by Gasteiger charge is -2.07. The number of ketones is 1. The van der Waals surface area contributed by atoms with Crippen molar-refractivity contribution in [2.24, 2.45) is 0 Å². The van der Waals surface area contributed by atoms with Crippen LogP contribution < -0.4 is 4.74 Å². The average Bonchev–Trinajstić information content (AvgIpc) is 3.09. The van der Waals surface area contributed by atoms with Gasteiger partial charge in [-0.05, 0) is 26.3 Å². The Labute approximate surface area is 118 Å². The lowest BCUT2D eigenvalue weighted by molar-refractivity contribution is 0.101. The van der Waals surface area contributed by atoms with Crippen molar-refractivity contribution in [3.8, 4) is 5.75 Å². The molecule has 2 aromatic heterocycles. The molecule has 0 unspecified atom stereocenters. The van der Waals surface area contributed by atoms with Crippen LogP contribution in [0.4, 0.5) is 0 Å². The van der Waals surface area contributed by atoms with Gasteiger partial charge in [-0.2, -0.15) is 10.2 Å². The molecule has 0 aromatic carbocycles. The van der Waals surface area contributed by atoms with Gasteiger partial charge in [0.15, 0.2) is 11.4 Å². The standard InChI is InChI=1S/C14H20N4O2/c1-5-10-8-11(17(6-2)16-10)14(19)13-12(20-4)9-15-18(13)7-3/h8-9H,5-7H2,1-4H3. The Morgan fingerprint density at radius 1 is 1.25 bits per heavy atom. The Balaban J connectivity index is 2.50. The zero-order chi connectivity index (χ0) is 14.7. The van der Waals surface area contributed by atoms with Gasteiger partial charge in [0.2, 0.25) is 5.78 Å². The summed E-state index contributed by atoms with van der Waals surface area (Å²) in [7, 11) is 1.54. The number of aromatic nitrogens is 4. The van der Waals surface area contributed by atoms with Gasteiger partial charge in [-0.1, -0.05) is 6.92 Å². The molecule has 0 saturated carbocycles. The predicted octanol–water partition coefficient (Wildman–Crippen LogP) is 1.92. The van der Waals surface area contributed by atoms with E-state index < -0.39 is 0 Å². The Bertz CT molecular complexity index is 591. The van der Waals surface area contributed by atoms with Gasteiger partial charge in [0.1, 0.15) is 5.69 Å². The first-order chi connectivity index (χ1) is 9.65. The fourth-order valence-corrected chi connectivity index (χ4v) is 2.17. The molecule has 0 amide bonds. The van der Waals surface area contributed by atoms with Gasteiger partial charge >= 0.3 is 0 Å². The van der Waals surface area contributed by atoms with E-state index in [1.165, 1.54) is 0 Å². The van der Waals surface area contributed by atoms with E-state index in [1.807, 2.05) is 26.8 Å². The van der Waals surface area contributed by atoms with Gasteiger partial charge in [-0.25, -0.2) is 0 Å². The van der Waals surface area contributed by atoms with Gasteiger partial charge in [0.05, 0.1) is 19.0 Å². The van der Waals surface area contributed by atoms with Gasteiger partial charge in [0, 0.05) is 13.1 Å². The minimum absolute atomic E-state index is 0.102. The van der Waals surface area contributed by atoms with Crippen molar-refractivity contribution in [1.82, 2.24) is 19.6 Å². The summed E-state index contributed by atoms with van der Waals surface area (Å²) in [5, 5.41) is 8.59. The third-order valence-electron chi connectivity index (χ3n) is 3.27. The Hall–Kier alpha value is -2.11. The number of carbonyl (C=O) groups excluding carboxylic acids is 1. The highest BCUT2D eigenvalue weighted by atomic mass is 16.5. The molecule has 2 aromatic rings. The average molecular weight is 276 g/mol. The van der Waals surface area contributed by atoms with Crippen molar-refractivity contribution < 1.29 is 9.53 Å². The number of carbonyl (C=O) groups is 1. The molecule has 20 heavy (non-hydrogen) atoms. The molecule has 0 spiro atoms. The minimum atomic E-state index is -0.102. The molecular weight excluding hydrogens is 256 g/mol. The Morgan fingerprint density at radius 2 is 1.95 bits per heavy atom. The molecule has 0 fully saturated rings. The molecule has 0 N–H and O–H groups in total. The van der Waals surface area contributed by atoms with E-state index in [0.717, 1.165) is 12.1 Å². The van der Waals surface area contributed by atoms with Crippen LogP contribution in [0.2, 0.25) is 0 Å². The molecule has 0 saturated heterocycles. The molecular formula is C14H20N4O2. The highest BCUT2D eigenvalue weighted by Gasteiger charge is 2.24. The fourth-order valence-electron chi connectivity index (χ4n) is 2.17. The third kappa shape index (κ3) is 2.33. The molecule has 0 radical (unpaired) electrons. The van der Waals surface area contributed by atoms with Crippen LogP contribution in [-0.2, 0) is 19.5 Å². The zero-order valence-electron chi connectivity index (χ0n) is 12.4. The first kappa shape index (κ1) is 14.3. The Morgan fingerprint density at radius 3 is 2.50 bits per heavy atom. The number of nitrogens with zero attached hydrogens (tertiary/aromatic N) is 4. The summed E-state index contributed by atoms with van der Waals surface area (Å²) in [4.78, 5) is 12.8. The molecule has 0 aliphatic carbocycles. The molecule has 0 aliphatic heterocycles. The van der Waals surface area contributed by atoms with Crippen LogP contribution in [0, 0.1) is 0 Å². The number of rotatable bonds is 6. The van der Waals surface area contributed by atoms with Crippen LogP contribution in [0.15, 0.2) is 12.3 Å². The van der Waals surface area contributed by atoms with E-state index >= 15 is 0 Å². The number of aryl methyl sites for hydroxylation is 3. The van der Waals surface area contributed by atoms with Crippen molar-refractivity contribution in [2.75, 3.05) is 7.11 Å². The number of ether oxygens (including phenoxy) is 1. The molecule has 6 heteroatoms. The van der Waals surface area contributed by atoms with Crippen LogP contribution in [0.25, 0.3) is 0 Å². The molecule has 0 aliphatic rings. The molecule has 6 nitrogen and oxygen atoms in total. The SMILES string of the molecule is CCc1cc(C(=O)c2c(OC)cnn2CC)n(CC)n1. The molecule has 108 valence electrons. The smallest absolute Gasteiger partial charge is 0.232 e. The Kier molecular flexibility index (Phi) is 4.22. The second-order valence-corrected chi connectivity index (χ2v) is 4.40. The van der Waals surface area contributed by atoms with Crippen LogP contribution >= 0.6 is 0 Å². The predicted molar refractivity (Wildman–Crippen MR) is 75.2 cm³/mol. The first-order valence-electron chi connectivity index (χ1n) is 6.87. The summed E-state index contributed by atoms with van der Waals surface area (Å²) in [5.74, 6) is 0.397. The van der Waals surface area contributed by atoms with Crippen LogP contribution in [0.1, 0.15) is 42.6 Å². The summed E-state index contributed by atoms with van der Waals surface area (Å²) in [6.07, 6.45) is 2.38. The van der Waals surface area contributed by atoms with Gasteiger partial charge in [0.25, 0.3) is 0 Å². The zero-order valence-corrected chi connectivity index (χ0v) is 12.4. The van der Waals surface area contributed by atoms with E-state index in [9.17, 15) is 4.79 Å². The van der Waals surface area contributed by atoms with E-state index in [-0.39, 0.29) is 5.78 Å². The van der Waals surface area contributed by atoms with Gasteiger partial charge in [-0.3, -0.25) is 14.2 Å². The van der Waals surface area contributed by atoms with Crippen molar-refractivity contribution in [1.29, 1.82) is 0 Å². The summed E-state index contributed by atoms with van der Waals surface area (Å²) < 4.78 is 8.63. The monoisotopic (exact) mass is 276 g/mol. The molecule has 0 atom stereocenters. The quantitative estimate of drug-likeness (QED) is 0.756. The highest BCUT2D eigenvalue weighted by Crippen LogP contribution is 2.22. The highest BCUT2D eigenvalue weighted by molar-refractivity contribution is 6.08. The maximum Gasteiger partial charge on any atom is 0.232 e. The fraction of sp³-hybridized carbons (Fsp3) is 0.500. The maximum atomic E-state index is 12.8. The summed E-state index contributed by atoms with van der Waals surface area (Å²) in [6, 6.07) is 1.85. The molecule has 0 bridgehead atoms. The van der Waals surface area contributed by atoms with Crippen molar-refractivity contribution in [3.05, 3.63) is 29.3 Å². The molecule has 2 heterocycles. The van der Waals surface area contributed by atoms with E-state index in [2.05, 4.69) is 10.2 Å². The number of methoxy groups -OCH3 is 1. The van der Waals surface area contributed by atoms with E-state index in [1.54, 1.807) is 22.7 Å². The lowest BCUT2D eigenvalue weighted by Crippen LogP contribution is -2.16. The van der Waals surface area contributed by atoms with E-state index in [0.29, 0.717) is 30.2 Å². The van der Waals surface area contributed by atoms with Crippen LogP contribution in [0.3, 0.4) is 0 Å². The maximum absolute atomic E-state index is 12.8. The third-order valence-corrected chi connectivity index (χ3v) is 3.27. The number of hydrogen-bond acceptors (Lipinski definition) is 4. The van der Waals surface area contributed by atoms with Gasteiger partial charge < -0.3 is 4.74 Å². The minimum Gasteiger partial charge on any atom is -0.493 e. The number of hydrogen-bond donors (Lipinski definition) is 0. The largest absolute Gasteiger partial charge is 0.493 e. The van der Waals surface area contributed by atoms with Crippen molar-refractivity contribution in [2.45, 2.75) is 40.3 Å². The first-order valence-corrected chi connectivity index (χ1v) is 6.87. The van der Waals surface area contributed by atoms with Crippen molar-refractivity contribution in [3.63, 3.8) is 0 Å². The second-order valence-electron chi connectivity index (χ2n) is 4.40.